The van der Waals surface area contributed by atoms with Crippen molar-refractivity contribution in [1.82, 2.24) is 14.8 Å². The minimum Gasteiger partial charge on any atom is -0.453 e. The molecule has 0 unspecified atom stereocenters. The van der Waals surface area contributed by atoms with E-state index in [0.717, 1.165) is 12.8 Å². The summed E-state index contributed by atoms with van der Waals surface area (Å²) in [7, 11) is 1.39. The lowest BCUT2D eigenvalue weighted by atomic mass is 9.97. The molecule has 0 saturated carbocycles. The first-order chi connectivity index (χ1) is 10.1. The van der Waals surface area contributed by atoms with Crippen molar-refractivity contribution < 1.29 is 19.1 Å². The first-order valence-electron chi connectivity index (χ1n) is 7.33. The number of piperidine rings is 1. The third-order valence-corrected chi connectivity index (χ3v) is 4.03. The molecule has 2 aliphatic rings. The molecule has 8 heteroatoms. The molecule has 0 bridgehead atoms. The molecule has 0 aromatic rings. The number of nitrogens with zero attached hydrogens (tertiary/aromatic N) is 3. The Labute approximate surface area is 124 Å². The maximum atomic E-state index is 12.2. The van der Waals surface area contributed by atoms with E-state index in [1.165, 1.54) is 12.1 Å². The summed E-state index contributed by atoms with van der Waals surface area (Å²) in [6, 6.07) is -0.145. The molecule has 2 aliphatic heterocycles. The Hall–Kier alpha value is -1.54. The molecule has 3 amide bonds. The van der Waals surface area contributed by atoms with Crippen LogP contribution in [-0.4, -0.2) is 80.0 Å². The average molecular weight is 300 g/mol. The van der Waals surface area contributed by atoms with Crippen LogP contribution < -0.4 is 5.84 Å². The molecule has 21 heavy (non-hydrogen) atoms. The second-order valence-corrected chi connectivity index (χ2v) is 5.43. The topological polar surface area (TPSA) is 88.3 Å². The number of morpholine rings is 1. The quantitative estimate of drug-likeness (QED) is 0.444. The minimum absolute atomic E-state index is 0.145. The van der Waals surface area contributed by atoms with Crippen LogP contribution in [0.2, 0.25) is 0 Å². The fourth-order valence-electron chi connectivity index (χ4n) is 2.72. The van der Waals surface area contributed by atoms with Gasteiger partial charge in [0.25, 0.3) is 0 Å². The molecular weight excluding hydrogens is 276 g/mol. The maximum absolute atomic E-state index is 12.2. The predicted octanol–water partition coefficient (Wildman–Crippen LogP) is 0.0927. The second-order valence-electron chi connectivity index (χ2n) is 5.43. The van der Waals surface area contributed by atoms with Gasteiger partial charge in [-0.15, -0.1) is 0 Å². The first kappa shape index (κ1) is 15.8. The summed E-state index contributed by atoms with van der Waals surface area (Å²) in [5, 5.41) is 1.30. The zero-order valence-corrected chi connectivity index (χ0v) is 12.5. The van der Waals surface area contributed by atoms with E-state index in [4.69, 9.17) is 15.3 Å². The first-order valence-corrected chi connectivity index (χ1v) is 7.33. The monoisotopic (exact) mass is 300 g/mol. The molecule has 0 atom stereocenters. The van der Waals surface area contributed by atoms with Crippen molar-refractivity contribution >= 4 is 12.1 Å². The summed E-state index contributed by atoms with van der Waals surface area (Å²) in [6.07, 6.45) is 1.38. The number of amides is 3. The standard InChI is InChI=1S/C13H24N4O4/c1-20-13(19)16-4-2-11(3-5-16)10-17(14)12(18)15-6-8-21-9-7-15/h11H,2-10,14H2,1H3. The molecule has 0 aliphatic carbocycles. The molecule has 2 saturated heterocycles. The van der Waals surface area contributed by atoms with Crippen LogP contribution in [0.3, 0.4) is 0 Å². The van der Waals surface area contributed by atoms with Gasteiger partial charge in [-0.25, -0.2) is 15.4 Å². The van der Waals surface area contributed by atoms with Crippen LogP contribution in [0.5, 0.6) is 0 Å². The number of ether oxygens (including phenoxy) is 2. The molecule has 0 radical (unpaired) electrons. The molecule has 120 valence electrons. The van der Waals surface area contributed by atoms with Crippen molar-refractivity contribution in [1.29, 1.82) is 0 Å². The zero-order valence-electron chi connectivity index (χ0n) is 12.5. The number of carbonyl (C=O) groups excluding carboxylic acids is 2. The number of rotatable bonds is 2. The number of urea groups is 1. The van der Waals surface area contributed by atoms with E-state index >= 15 is 0 Å². The van der Waals surface area contributed by atoms with Crippen molar-refractivity contribution in [3.63, 3.8) is 0 Å². The number of hydrogen-bond donors (Lipinski definition) is 1. The van der Waals surface area contributed by atoms with Crippen molar-refractivity contribution in [2.24, 2.45) is 11.8 Å². The fraction of sp³-hybridized carbons (Fsp3) is 0.846. The molecule has 0 aromatic heterocycles. The Morgan fingerprint density at radius 1 is 1.19 bits per heavy atom. The Morgan fingerprint density at radius 2 is 1.81 bits per heavy atom. The van der Waals surface area contributed by atoms with Crippen LogP contribution >= 0.6 is 0 Å². The third-order valence-electron chi connectivity index (χ3n) is 4.03. The van der Waals surface area contributed by atoms with Gasteiger partial charge in [0.05, 0.1) is 20.3 Å². The Balaban J connectivity index is 1.74. The van der Waals surface area contributed by atoms with E-state index in [1.54, 1.807) is 9.80 Å². The lowest BCUT2D eigenvalue weighted by molar-refractivity contribution is 0.0402. The van der Waals surface area contributed by atoms with Crippen molar-refractivity contribution in [2.75, 3.05) is 53.0 Å². The number of hydrazine groups is 1. The number of hydrogen-bond acceptors (Lipinski definition) is 5. The Kier molecular flexibility index (Phi) is 5.63. The Bertz CT molecular complexity index is 365. The zero-order chi connectivity index (χ0) is 15.2. The van der Waals surface area contributed by atoms with Gasteiger partial charge in [-0.3, -0.25) is 5.01 Å². The summed E-state index contributed by atoms with van der Waals surface area (Å²) in [4.78, 5) is 27.0. The van der Waals surface area contributed by atoms with E-state index in [0.29, 0.717) is 51.9 Å². The van der Waals surface area contributed by atoms with Gasteiger partial charge < -0.3 is 19.3 Å². The van der Waals surface area contributed by atoms with Gasteiger partial charge in [-0.1, -0.05) is 0 Å². The largest absolute Gasteiger partial charge is 0.453 e. The SMILES string of the molecule is COC(=O)N1CCC(CN(N)C(=O)N2CCOCC2)CC1. The number of nitrogens with two attached hydrogens (primary N) is 1. The van der Waals surface area contributed by atoms with Crippen LogP contribution in [0.4, 0.5) is 9.59 Å². The van der Waals surface area contributed by atoms with Crippen molar-refractivity contribution in [3.05, 3.63) is 0 Å². The number of likely N-dealkylation sites (tertiary alicyclic amines) is 1. The third kappa shape index (κ3) is 4.21. The highest BCUT2D eigenvalue weighted by molar-refractivity contribution is 5.73. The van der Waals surface area contributed by atoms with Crippen LogP contribution in [0.1, 0.15) is 12.8 Å². The molecule has 0 spiro atoms. The highest BCUT2D eigenvalue weighted by Gasteiger charge is 2.27. The lowest BCUT2D eigenvalue weighted by Crippen LogP contribution is -2.53. The maximum Gasteiger partial charge on any atom is 0.409 e. The van der Waals surface area contributed by atoms with Crippen LogP contribution in [0.25, 0.3) is 0 Å². The summed E-state index contributed by atoms with van der Waals surface area (Å²) >= 11 is 0. The molecule has 2 N–H and O–H groups in total. The van der Waals surface area contributed by atoms with E-state index in [-0.39, 0.29) is 12.1 Å². The van der Waals surface area contributed by atoms with Crippen molar-refractivity contribution in [3.8, 4) is 0 Å². The highest BCUT2D eigenvalue weighted by atomic mass is 16.5. The number of carbonyl (C=O) groups is 2. The van der Waals surface area contributed by atoms with Crippen molar-refractivity contribution in [2.45, 2.75) is 12.8 Å². The van der Waals surface area contributed by atoms with Crippen LogP contribution in [-0.2, 0) is 9.47 Å². The van der Waals surface area contributed by atoms with Crippen LogP contribution in [0.15, 0.2) is 0 Å². The predicted molar refractivity (Wildman–Crippen MR) is 75.4 cm³/mol. The summed E-state index contributed by atoms with van der Waals surface area (Å²) in [6.45, 7) is 4.13. The Morgan fingerprint density at radius 3 is 2.38 bits per heavy atom. The van der Waals surface area contributed by atoms with Gasteiger partial charge in [-0.05, 0) is 18.8 Å². The van der Waals surface area contributed by atoms with E-state index < -0.39 is 0 Å². The summed E-state index contributed by atoms with van der Waals surface area (Å²) in [5.41, 5.74) is 0. The van der Waals surface area contributed by atoms with E-state index in [9.17, 15) is 9.59 Å². The minimum atomic E-state index is -0.289. The smallest absolute Gasteiger partial charge is 0.409 e. The molecule has 2 fully saturated rings. The average Bonchev–Trinajstić information content (AvgIpc) is 2.55. The highest BCUT2D eigenvalue weighted by Crippen LogP contribution is 2.18. The van der Waals surface area contributed by atoms with Gasteiger partial charge in [0.15, 0.2) is 0 Å². The van der Waals surface area contributed by atoms with Gasteiger partial charge in [-0.2, -0.15) is 0 Å². The normalized spacial score (nSPS) is 20.3. The van der Waals surface area contributed by atoms with Gasteiger partial charge >= 0.3 is 12.1 Å². The van der Waals surface area contributed by atoms with Crippen LogP contribution in [0, 0.1) is 5.92 Å². The molecule has 2 rings (SSSR count). The fourth-order valence-corrected chi connectivity index (χ4v) is 2.72. The summed E-state index contributed by atoms with van der Waals surface area (Å²) < 4.78 is 9.92. The lowest BCUT2D eigenvalue weighted by Gasteiger charge is -2.35. The number of methoxy groups -OCH3 is 1. The van der Waals surface area contributed by atoms with E-state index in [1.807, 2.05) is 0 Å². The molecular formula is C13H24N4O4. The van der Waals surface area contributed by atoms with Gasteiger partial charge in [0.1, 0.15) is 0 Å². The van der Waals surface area contributed by atoms with Gasteiger partial charge in [0.2, 0.25) is 0 Å². The molecule has 0 aromatic carbocycles. The summed E-state index contributed by atoms with van der Waals surface area (Å²) in [5.74, 6) is 6.22. The molecule has 2 heterocycles. The molecule has 8 nitrogen and oxygen atoms in total. The van der Waals surface area contributed by atoms with Gasteiger partial charge in [0, 0.05) is 32.7 Å². The second kappa shape index (κ2) is 7.46. The van der Waals surface area contributed by atoms with E-state index in [2.05, 4.69) is 0 Å².